The summed E-state index contributed by atoms with van der Waals surface area (Å²) in [6.45, 7) is 10.5. The Hall–Kier alpha value is -0.0231. The third-order valence-corrected chi connectivity index (χ3v) is 7.93. The predicted molar refractivity (Wildman–Crippen MR) is 98.2 cm³/mol. The average Bonchev–Trinajstić information content (AvgIpc) is 3.52. The van der Waals surface area contributed by atoms with Gasteiger partial charge in [0.05, 0.1) is 26.4 Å². The molecule has 0 radical (unpaired) electrons. The van der Waals surface area contributed by atoms with E-state index in [4.69, 9.17) is 27.8 Å². The molecule has 0 aromatic heterocycles. The molecule has 7 heteroatoms. The first kappa shape index (κ1) is 21.3. The van der Waals surface area contributed by atoms with Crippen LogP contribution in [0.15, 0.2) is 0 Å². The van der Waals surface area contributed by atoms with E-state index in [0.29, 0.717) is 12.2 Å². The third kappa shape index (κ3) is 10.0. The molecule has 0 spiro atoms. The molecule has 0 aliphatic carbocycles. The Labute approximate surface area is 153 Å². The van der Waals surface area contributed by atoms with Crippen LogP contribution in [-0.2, 0) is 27.8 Å². The minimum atomic E-state index is -2.18. The van der Waals surface area contributed by atoms with Crippen molar-refractivity contribution in [1.82, 2.24) is 0 Å². The van der Waals surface area contributed by atoms with Crippen molar-refractivity contribution in [2.75, 3.05) is 52.9 Å². The van der Waals surface area contributed by atoms with Crippen LogP contribution in [0.3, 0.4) is 0 Å². The second-order valence-electron chi connectivity index (χ2n) is 6.88. The maximum atomic E-state index is 6.32. The monoisotopic (exact) mass is 376 g/mol. The summed E-state index contributed by atoms with van der Waals surface area (Å²) >= 11 is 0. The molecule has 0 aromatic rings. The van der Waals surface area contributed by atoms with Crippen LogP contribution in [0.5, 0.6) is 0 Å². The number of hydrogen-bond donors (Lipinski definition) is 0. The molecular weight excluding hydrogens is 340 g/mol. The highest BCUT2D eigenvalue weighted by atomic mass is 28.4. The molecule has 6 nitrogen and oxygen atoms in total. The fourth-order valence-electron chi connectivity index (χ4n) is 2.68. The van der Waals surface area contributed by atoms with Crippen molar-refractivity contribution in [3.8, 4) is 0 Å². The first-order chi connectivity index (χ1) is 12.3. The average molecular weight is 377 g/mol. The quantitative estimate of drug-likeness (QED) is 0.208. The summed E-state index contributed by atoms with van der Waals surface area (Å²) in [6.07, 6.45) is 4.70. The Morgan fingerprint density at radius 2 is 1.20 bits per heavy atom. The molecule has 0 saturated carbocycles. The molecule has 0 N–H and O–H groups in total. The normalized spacial score (nSPS) is 22.3. The topological polar surface area (TPSA) is 62.0 Å². The standard InChI is InChI=1S/C18H36O6Si/c1-3-7-23-25(24-8-4-2,11-5-9-19-13-17-15-21-17)12-6-10-20-14-18-16-22-18/h17-18H,3-16H2,1-2H3/t17-,18-/m0/s1. The molecular formula is C18H36O6Si. The molecule has 2 heterocycles. The number of epoxide rings is 2. The van der Waals surface area contributed by atoms with Gasteiger partial charge in [-0.2, -0.15) is 0 Å². The molecule has 2 saturated heterocycles. The van der Waals surface area contributed by atoms with Gasteiger partial charge in [0.2, 0.25) is 0 Å². The molecule has 2 atom stereocenters. The molecule has 0 aromatic carbocycles. The van der Waals surface area contributed by atoms with Crippen LogP contribution in [0.4, 0.5) is 0 Å². The summed E-state index contributed by atoms with van der Waals surface area (Å²) in [4.78, 5) is 0. The highest BCUT2D eigenvalue weighted by Crippen LogP contribution is 2.24. The zero-order chi connectivity index (χ0) is 17.8. The van der Waals surface area contributed by atoms with Crippen molar-refractivity contribution >= 4 is 8.56 Å². The minimum Gasteiger partial charge on any atom is -0.394 e. The van der Waals surface area contributed by atoms with Crippen molar-refractivity contribution in [2.24, 2.45) is 0 Å². The molecule has 2 aliphatic heterocycles. The Morgan fingerprint density at radius 3 is 1.56 bits per heavy atom. The molecule has 2 fully saturated rings. The van der Waals surface area contributed by atoms with Gasteiger partial charge in [0, 0.05) is 26.4 Å². The van der Waals surface area contributed by atoms with Crippen LogP contribution in [0.1, 0.15) is 39.5 Å². The lowest BCUT2D eigenvalue weighted by molar-refractivity contribution is 0.106. The zero-order valence-electron chi connectivity index (χ0n) is 16.0. The van der Waals surface area contributed by atoms with E-state index in [1.165, 1.54) is 0 Å². The Balaban J connectivity index is 1.69. The zero-order valence-corrected chi connectivity index (χ0v) is 17.0. The van der Waals surface area contributed by atoms with Gasteiger partial charge in [-0.25, -0.2) is 0 Å². The minimum absolute atomic E-state index is 0.335. The first-order valence-electron chi connectivity index (χ1n) is 9.94. The smallest absolute Gasteiger partial charge is 0.338 e. The fourth-order valence-corrected chi connectivity index (χ4v) is 6.11. The largest absolute Gasteiger partial charge is 0.394 e. The van der Waals surface area contributed by atoms with Gasteiger partial charge in [0.25, 0.3) is 0 Å². The van der Waals surface area contributed by atoms with E-state index in [2.05, 4.69) is 13.8 Å². The van der Waals surface area contributed by atoms with Gasteiger partial charge in [-0.15, -0.1) is 0 Å². The van der Waals surface area contributed by atoms with Gasteiger partial charge in [-0.1, -0.05) is 13.8 Å². The number of rotatable bonds is 18. The van der Waals surface area contributed by atoms with Gasteiger partial charge < -0.3 is 27.8 Å². The highest BCUT2D eigenvalue weighted by molar-refractivity contribution is 6.67. The van der Waals surface area contributed by atoms with Gasteiger partial charge >= 0.3 is 8.56 Å². The van der Waals surface area contributed by atoms with Crippen LogP contribution < -0.4 is 0 Å². The first-order valence-corrected chi connectivity index (χ1v) is 12.2. The van der Waals surface area contributed by atoms with Gasteiger partial charge in [0.15, 0.2) is 0 Å². The third-order valence-electron chi connectivity index (χ3n) is 4.24. The summed E-state index contributed by atoms with van der Waals surface area (Å²) in [6, 6.07) is 1.98. The number of hydrogen-bond acceptors (Lipinski definition) is 6. The van der Waals surface area contributed by atoms with Crippen LogP contribution >= 0.6 is 0 Å². The van der Waals surface area contributed by atoms with E-state index in [0.717, 1.165) is 90.6 Å². The SMILES string of the molecule is CCCO[Si](CCCOC[C@H]1CO1)(CCCOC[C@H]1CO1)OCCC. The molecule has 2 rings (SSSR count). The lowest BCUT2D eigenvalue weighted by Crippen LogP contribution is -2.43. The summed E-state index contributed by atoms with van der Waals surface area (Å²) < 4.78 is 34.3. The van der Waals surface area contributed by atoms with E-state index in [1.807, 2.05) is 0 Å². The van der Waals surface area contributed by atoms with E-state index in [-0.39, 0.29) is 0 Å². The molecule has 2 aliphatic rings. The van der Waals surface area contributed by atoms with Gasteiger partial charge in [-0.3, -0.25) is 0 Å². The van der Waals surface area contributed by atoms with E-state index in [9.17, 15) is 0 Å². The molecule has 148 valence electrons. The van der Waals surface area contributed by atoms with Crippen LogP contribution in [-0.4, -0.2) is 73.6 Å². The van der Waals surface area contributed by atoms with E-state index >= 15 is 0 Å². The Kier molecular flexibility index (Phi) is 10.5. The molecule has 0 unspecified atom stereocenters. The van der Waals surface area contributed by atoms with Crippen molar-refractivity contribution in [3.05, 3.63) is 0 Å². The second kappa shape index (κ2) is 12.4. The summed E-state index contributed by atoms with van der Waals surface area (Å²) in [7, 11) is -2.18. The van der Waals surface area contributed by atoms with Gasteiger partial charge in [-0.05, 0) is 37.8 Å². The van der Waals surface area contributed by atoms with Crippen LogP contribution in [0.25, 0.3) is 0 Å². The Bertz CT molecular complexity index is 304. The van der Waals surface area contributed by atoms with Crippen molar-refractivity contribution in [2.45, 2.75) is 63.8 Å². The summed E-state index contributed by atoms with van der Waals surface area (Å²) in [5.41, 5.74) is 0. The van der Waals surface area contributed by atoms with E-state index in [1.54, 1.807) is 0 Å². The van der Waals surface area contributed by atoms with Crippen molar-refractivity contribution < 1.29 is 27.8 Å². The summed E-state index contributed by atoms with van der Waals surface area (Å²) in [5, 5.41) is 0. The molecule has 25 heavy (non-hydrogen) atoms. The van der Waals surface area contributed by atoms with Gasteiger partial charge in [0.1, 0.15) is 12.2 Å². The van der Waals surface area contributed by atoms with E-state index < -0.39 is 8.56 Å². The fraction of sp³-hybridized carbons (Fsp3) is 1.00. The lowest BCUT2D eigenvalue weighted by atomic mass is 10.5. The maximum absolute atomic E-state index is 6.32. The van der Waals surface area contributed by atoms with Crippen LogP contribution in [0, 0.1) is 0 Å². The lowest BCUT2D eigenvalue weighted by Gasteiger charge is -2.31. The second-order valence-corrected chi connectivity index (χ2v) is 10.3. The summed E-state index contributed by atoms with van der Waals surface area (Å²) in [5.74, 6) is 0. The highest BCUT2D eigenvalue weighted by Gasteiger charge is 2.36. The van der Waals surface area contributed by atoms with Crippen LogP contribution in [0.2, 0.25) is 12.1 Å². The molecule has 0 bridgehead atoms. The van der Waals surface area contributed by atoms with Crippen molar-refractivity contribution in [1.29, 1.82) is 0 Å². The number of ether oxygens (including phenoxy) is 4. The van der Waals surface area contributed by atoms with Crippen molar-refractivity contribution in [3.63, 3.8) is 0 Å². The maximum Gasteiger partial charge on any atom is 0.338 e. The predicted octanol–water partition coefficient (Wildman–Crippen LogP) is 2.89. The molecule has 0 amide bonds. The Morgan fingerprint density at radius 1 is 0.760 bits per heavy atom.